The largest absolute Gasteiger partial charge is 0.445 e. The maximum atomic E-state index is 14.1. The van der Waals surface area contributed by atoms with Crippen molar-refractivity contribution >= 4 is 29.7 Å². The Morgan fingerprint density at radius 2 is 1.33 bits per heavy atom. The molecule has 49 heavy (non-hydrogen) atoms. The van der Waals surface area contributed by atoms with Crippen LogP contribution < -0.4 is 21.7 Å². The Kier molecular flexibility index (Phi) is 14.3. The number of rotatable bonds is 16. The quantitative estimate of drug-likeness (QED) is 0.155. The molecule has 12 heteroatoms. The van der Waals surface area contributed by atoms with Crippen LogP contribution in [0.15, 0.2) is 91.0 Å². The lowest BCUT2D eigenvalue weighted by Crippen LogP contribution is -2.60. The first-order chi connectivity index (χ1) is 23.2. The third-order valence-electron chi connectivity index (χ3n) is 7.60. The Hall–Kier alpha value is -5.23. The molecule has 12 nitrogen and oxygen atoms in total. The summed E-state index contributed by atoms with van der Waals surface area (Å²) >= 11 is 0. The minimum absolute atomic E-state index is 0.0102. The van der Waals surface area contributed by atoms with Crippen LogP contribution in [0.1, 0.15) is 50.8 Å². The molecule has 5 amide bonds. The molecule has 3 aromatic carbocycles. The standard InChI is InChI=1S/C37H47N5O7/c1-25(33(45)41-37(2,3)4)42(21-20-26-14-8-5-9-15-26)35(47)32(44)29(22-27-16-10-6-11-17-27)39-34(46)30(23-31(38)43)40-36(48)49-24-28-18-12-7-13-19-28/h5-19,25,29-30,32,44H,20-24H2,1-4H3,(H2,38,43)(H,39,46)(H,40,48)(H,41,45)/t25-,29-,30-,32-/m0/s1. The van der Waals surface area contributed by atoms with Gasteiger partial charge in [-0.25, -0.2) is 4.79 Å². The van der Waals surface area contributed by atoms with E-state index in [9.17, 15) is 29.1 Å². The highest BCUT2D eigenvalue weighted by atomic mass is 16.5. The van der Waals surface area contributed by atoms with E-state index < -0.39 is 65.9 Å². The van der Waals surface area contributed by atoms with Gasteiger partial charge in [0, 0.05) is 12.1 Å². The molecule has 0 aliphatic rings. The van der Waals surface area contributed by atoms with Gasteiger partial charge in [0.05, 0.1) is 12.5 Å². The van der Waals surface area contributed by atoms with Gasteiger partial charge < -0.3 is 36.4 Å². The highest BCUT2D eigenvalue weighted by molar-refractivity contribution is 5.92. The second-order valence-corrected chi connectivity index (χ2v) is 12.9. The first kappa shape index (κ1) is 38.2. The van der Waals surface area contributed by atoms with Crippen molar-refractivity contribution in [1.82, 2.24) is 20.9 Å². The SMILES string of the molecule is C[C@@H](C(=O)NC(C)(C)C)N(CCc1ccccc1)C(=O)[C@@H](O)[C@H](Cc1ccccc1)NC(=O)[C@H](CC(N)=O)NC(=O)OCc1ccccc1. The zero-order valence-corrected chi connectivity index (χ0v) is 28.4. The number of amides is 5. The van der Waals surface area contributed by atoms with Crippen LogP contribution in [0.3, 0.4) is 0 Å². The number of aliphatic hydroxyl groups excluding tert-OH is 1. The zero-order valence-electron chi connectivity index (χ0n) is 28.4. The first-order valence-electron chi connectivity index (χ1n) is 16.2. The fraction of sp³-hybridized carbons (Fsp3) is 0.378. The number of ether oxygens (including phenoxy) is 1. The Morgan fingerprint density at radius 1 is 0.796 bits per heavy atom. The summed E-state index contributed by atoms with van der Waals surface area (Å²) in [6.45, 7) is 7.06. The maximum absolute atomic E-state index is 14.1. The lowest BCUT2D eigenvalue weighted by molar-refractivity contribution is -0.149. The van der Waals surface area contributed by atoms with Gasteiger partial charge in [0.15, 0.2) is 6.10 Å². The number of nitrogens with one attached hydrogen (secondary N) is 3. The molecule has 0 fully saturated rings. The molecule has 0 unspecified atom stereocenters. The molecule has 0 aromatic heterocycles. The molecule has 4 atom stereocenters. The summed E-state index contributed by atoms with van der Waals surface area (Å²) in [7, 11) is 0. The zero-order chi connectivity index (χ0) is 36.0. The summed E-state index contributed by atoms with van der Waals surface area (Å²) in [6.07, 6.45) is -2.94. The number of nitrogens with two attached hydrogens (primary N) is 1. The van der Waals surface area contributed by atoms with Crippen molar-refractivity contribution in [3.8, 4) is 0 Å². The van der Waals surface area contributed by atoms with Gasteiger partial charge >= 0.3 is 6.09 Å². The van der Waals surface area contributed by atoms with Gasteiger partial charge in [-0.05, 0) is 57.2 Å². The van der Waals surface area contributed by atoms with Crippen molar-refractivity contribution in [2.75, 3.05) is 6.54 Å². The van der Waals surface area contributed by atoms with E-state index in [1.54, 1.807) is 61.5 Å². The van der Waals surface area contributed by atoms with Crippen molar-refractivity contribution < 1.29 is 33.8 Å². The molecule has 0 aliphatic carbocycles. The topological polar surface area (TPSA) is 180 Å². The summed E-state index contributed by atoms with van der Waals surface area (Å²) in [5, 5.41) is 19.5. The van der Waals surface area contributed by atoms with Crippen LogP contribution in [0.2, 0.25) is 0 Å². The normalized spacial score (nSPS) is 13.6. The highest BCUT2D eigenvalue weighted by Crippen LogP contribution is 2.15. The van der Waals surface area contributed by atoms with Gasteiger partial charge in [-0.3, -0.25) is 19.2 Å². The van der Waals surface area contributed by atoms with E-state index in [0.29, 0.717) is 17.5 Å². The van der Waals surface area contributed by atoms with Crippen LogP contribution in [-0.4, -0.2) is 76.0 Å². The molecular formula is C37H47N5O7. The van der Waals surface area contributed by atoms with E-state index in [0.717, 1.165) is 5.56 Å². The number of hydrogen-bond acceptors (Lipinski definition) is 7. The molecule has 6 N–H and O–H groups in total. The Balaban J connectivity index is 1.86. The average molecular weight is 674 g/mol. The number of primary amides is 1. The number of carbonyl (C=O) groups is 5. The lowest BCUT2D eigenvalue weighted by Gasteiger charge is -2.35. The fourth-order valence-corrected chi connectivity index (χ4v) is 5.06. The minimum atomic E-state index is -1.82. The van der Waals surface area contributed by atoms with Gasteiger partial charge in [0.25, 0.3) is 5.91 Å². The minimum Gasteiger partial charge on any atom is -0.445 e. The van der Waals surface area contributed by atoms with Crippen molar-refractivity contribution in [1.29, 1.82) is 0 Å². The smallest absolute Gasteiger partial charge is 0.408 e. The molecular weight excluding hydrogens is 626 g/mol. The van der Waals surface area contributed by atoms with Gasteiger partial charge in [0.2, 0.25) is 17.7 Å². The lowest BCUT2D eigenvalue weighted by atomic mass is 9.98. The third-order valence-corrected chi connectivity index (χ3v) is 7.60. The molecule has 3 aromatic rings. The number of benzene rings is 3. The van der Waals surface area contributed by atoms with E-state index >= 15 is 0 Å². The van der Waals surface area contributed by atoms with Crippen LogP contribution >= 0.6 is 0 Å². The summed E-state index contributed by atoms with van der Waals surface area (Å²) in [5.41, 5.74) is 7.15. The van der Waals surface area contributed by atoms with Crippen molar-refractivity contribution in [2.24, 2.45) is 5.73 Å². The number of hydrogen-bond donors (Lipinski definition) is 5. The summed E-state index contributed by atoms with van der Waals surface area (Å²) in [4.78, 5) is 66.8. The van der Waals surface area contributed by atoms with Crippen LogP contribution in [0, 0.1) is 0 Å². The Labute approximate surface area is 287 Å². The van der Waals surface area contributed by atoms with Gasteiger partial charge in [-0.1, -0.05) is 91.0 Å². The average Bonchev–Trinajstić information content (AvgIpc) is 3.06. The molecule has 0 saturated carbocycles. The van der Waals surface area contributed by atoms with Gasteiger partial charge in [-0.15, -0.1) is 0 Å². The van der Waals surface area contributed by atoms with Crippen molar-refractivity contribution in [3.05, 3.63) is 108 Å². The van der Waals surface area contributed by atoms with E-state index in [1.807, 2.05) is 57.2 Å². The number of carbonyl (C=O) groups excluding carboxylic acids is 5. The van der Waals surface area contributed by atoms with Crippen molar-refractivity contribution in [2.45, 2.75) is 83.3 Å². The predicted molar refractivity (Wildman–Crippen MR) is 185 cm³/mol. The Morgan fingerprint density at radius 3 is 1.86 bits per heavy atom. The van der Waals surface area contributed by atoms with E-state index in [-0.39, 0.29) is 19.6 Å². The number of nitrogens with zero attached hydrogens (tertiary/aromatic N) is 1. The maximum Gasteiger partial charge on any atom is 0.408 e. The molecule has 0 aliphatic heterocycles. The molecule has 0 spiro atoms. The van der Waals surface area contributed by atoms with E-state index in [4.69, 9.17) is 10.5 Å². The summed E-state index contributed by atoms with van der Waals surface area (Å²) in [6, 6.07) is 23.5. The Bertz CT molecular complexity index is 1530. The van der Waals surface area contributed by atoms with Crippen LogP contribution in [0.4, 0.5) is 4.79 Å². The molecule has 0 saturated heterocycles. The number of alkyl carbamates (subject to hydrolysis) is 1. The second kappa shape index (κ2) is 18.3. The van der Waals surface area contributed by atoms with Crippen LogP contribution in [0.5, 0.6) is 0 Å². The molecule has 0 bridgehead atoms. The monoisotopic (exact) mass is 673 g/mol. The molecule has 0 heterocycles. The van der Waals surface area contributed by atoms with E-state index in [1.165, 1.54) is 4.90 Å². The van der Waals surface area contributed by atoms with Crippen LogP contribution in [0.25, 0.3) is 0 Å². The fourth-order valence-electron chi connectivity index (χ4n) is 5.06. The summed E-state index contributed by atoms with van der Waals surface area (Å²) < 4.78 is 5.22. The highest BCUT2D eigenvalue weighted by Gasteiger charge is 2.37. The molecule has 0 radical (unpaired) electrons. The first-order valence-corrected chi connectivity index (χ1v) is 16.2. The predicted octanol–water partition coefficient (Wildman–Crippen LogP) is 2.62. The van der Waals surface area contributed by atoms with Crippen molar-refractivity contribution in [3.63, 3.8) is 0 Å². The van der Waals surface area contributed by atoms with Crippen LogP contribution in [-0.2, 0) is 43.4 Å². The second-order valence-electron chi connectivity index (χ2n) is 12.9. The summed E-state index contributed by atoms with van der Waals surface area (Å²) in [5.74, 6) is -2.93. The van der Waals surface area contributed by atoms with Gasteiger partial charge in [-0.2, -0.15) is 0 Å². The third kappa shape index (κ3) is 13.1. The molecule has 262 valence electrons. The molecule has 3 rings (SSSR count). The van der Waals surface area contributed by atoms with E-state index in [2.05, 4.69) is 16.0 Å². The van der Waals surface area contributed by atoms with Gasteiger partial charge in [0.1, 0.15) is 18.7 Å². The number of aliphatic hydroxyl groups is 1.